The van der Waals surface area contributed by atoms with Crippen molar-refractivity contribution < 1.29 is 9.47 Å². The molecule has 1 unspecified atom stereocenters. The van der Waals surface area contributed by atoms with Gasteiger partial charge in [0.25, 0.3) is 0 Å². The van der Waals surface area contributed by atoms with E-state index in [0.29, 0.717) is 0 Å². The van der Waals surface area contributed by atoms with Crippen LogP contribution in [0.1, 0.15) is 24.2 Å². The lowest BCUT2D eigenvalue weighted by Crippen LogP contribution is -2.25. The van der Waals surface area contributed by atoms with Gasteiger partial charge in [0.05, 0.1) is 44.0 Å². The van der Waals surface area contributed by atoms with E-state index in [0.717, 1.165) is 29.3 Å². The molecule has 0 amide bonds. The Morgan fingerprint density at radius 3 is 2.35 bits per heavy atom. The molecule has 1 atom stereocenters. The van der Waals surface area contributed by atoms with Gasteiger partial charge in [0, 0.05) is 7.05 Å². The van der Waals surface area contributed by atoms with E-state index in [1.807, 2.05) is 36.0 Å². The van der Waals surface area contributed by atoms with E-state index in [1.54, 1.807) is 20.5 Å². The molecule has 20 heavy (non-hydrogen) atoms. The van der Waals surface area contributed by atoms with Gasteiger partial charge in [-0.25, -0.2) is 4.98 Å². The number of benzene rings is 1. The summed E-state index contributed by atoms with van der Waals surface area (Å²) in [5, 5.41) is 3.47. The SMILES string of the molecule is CCNC(c1c(OC)cccc1OC)c1cncn1C. The normalized spacial score (nSPS) is 12.2. The van der Waals surface area contributed by atoms with E-state index in [1.165, 1.54) is 0 Å². The molecular weight excluding hydrogens is 254 g/mol. The molecule has 0 aliphatic carbocycles. The molecule has 0 saturated heterocycles. The predicted octanol–water partition coefficient (Wildman–Crippen LogP) is 2.14. The molecular formula is C15H21N3O2. The highest BCUT2D eigenvalue weighted by Crippen LogP contribution is 2.37. The number of hydrogen-bond donors (Lipinski definition) is 1. The van der Waals surface area contributed by atoms with Gasteiger partial charge in [0.1, 0.15) is 11.5 Å². The molecule has 0 bridgehead atoms. The number of imidazole rings is 1. The maximum atomic E-state index is 5.50. The minimum Gasteiger partial charge on any atom is -0.496 e. The molecule has 0 aliphatic heterocycles. The van der Waals surface area contributed by atoms with Crippen molar-refractivity contribution in [2.45, 2.75) is 13.0 Å². The fourth-order valence-corrected chi connectivity index (χ4v) is 2.37. The second kappa shape index (κ2) is 6.43. The number of rotatable bonds is 6. The molecule has 1 heterocycles. The standard InChI is InChI=1S/C15H21N3O2/c1-5-17-15(11-9-16-10-18(11)2)14-12(19-3)7-6-8-13(14)20-4/h6-10,15,17H,5H2,1-4H3. The highest BCUT2D eigenvalue weighted by molar-refractivity contribution is 5.49. The van der Waals surface area contributed by atoms with Crippen molar-refractivity contribution >= 4 is 0 Å². The number of nitrogens with zero attached hydrogens (tertiary/aromatic N) is 2. The summed E-state index contributed by atoms with van der Waals surface area (Å²) in [6, 6.07) is 5.78. The fourth-order valence-electron chi connectivity index (χ4n) is 2.37. The van der Waals surface area contributed by atoms with Crippen molar-refractivity contribution in [1.82, 2.24) is 14.9 Å². The van der Waals surface area contributed by atoms with Crippen LogP contribution >= 0.6 is 0 Å². The molecule has 1 N–H and O–H groups in total. The number of hydrogen-bond acceptors (Lipinski definition) is 4. The first kappa shape index (κ1) is 14.4. The first-order valence-corrected chi connectivity index (χ1v) is 6.63. The number of aromatic nitrogens is 2. The minimum atomic E-state index is -0.0291. The molecule has 108 valence electrons. The summed E-state index contributed by atoms with van der Waals surface area (Å²) in [5.74, 6) is 1.60. The monoisotopic (exact) mass is 275 g/mol. The van der Waals surface area contributed by atoms with Gasteiger partial charge in [0.2, 0.25) is 0 Å². The van der Waals surface area contributed by atoms with E-state index in [-0.39, 0.29) is 6.04 Å². The van der Waals surface area contributed by atoms with Gasteiger partial charge in [-0.1, -0.05) is 13.0 Å². The highest BCUT2D eigenvalue weighted by Gasteiger charge is 2.24. The number of aryl methyl sites for hydroxylation is 1. The summed E-state index contributed by atoms with van der Waals surface area (Å²) in [6.45, 7) is 2.91. The van der Waals surface area contributed by atoms with Crippen LogP contribution in [-0.2, 0) is 7.05 Å². The van der Waals surface area contributed by atoms with Gasteiger partial charge >= 0.3 is 0 Å². The summed E-state index contributed by atoms with van der Waals surface area (Å²) in [6.07, 6.45) is 3.65. The Hall–Kier alpha value is -2.01. The highest BCUT2D eigenvalue weighted by atomic mass is 16.5. The first-order chi connectivity index (χ1) is 9.72. The van der Waals surface area contributed by atoms with E-state index in [4.69, 9.17) is 9.47 Å². The Bertz CT molecular complexity index is 544. The largest absolute Gasteiger partial charge is 0.496 e. The second-order valence-corrected chi connectivity index (χ2v) is 4.50. The zero-order valence-corrected chi connectivity index (χ0v) is 12.4. The van der Waals surface area contributed by atoms with Crippen molar-refractivity contribution in [3.8, 4) is 11.5 Å². The number of nitrogens with one attached hydrogen (secondary N) is 1. The maximum absolute atomic E-state index is 5.50. The molecule has 0 radical (unpaired) electrons. The molecule has 2 aromatic rings. The van der Waals surface area contributed by atoms with Gasteiger partial charge in [-0.3, -0.25) is 0 Å². The Kier molecular flexibility index (Phi) is 4.63. The summed E-state index contributed by atoms with van der Waals surface area (Å²) in [7, 11) is 5.32. The van der Waals surface area contributed by atoms with Crippen LogP contribution in [0.5, 0.6) is 11.5 Å². The van der Waals surface area contributed by atoms with Crippen LogP contribution in [0.25, 0.3) is 0 Å². The van der Waals surface area contributed by atoms with Gasteiger partial charge in [0.15, 0.2) is 0 Å². The molecule has 0 fully saturated rings. The van der Waals surface area contributed by atoms with Gasteiger partial charge in [-0.2, -0.15) is 0 Å². The van der Waals surface area contributed by atoms with E-state index in [9.17, 15) is 0 Å². The van der Waals surface area contributed by atoms with E-state index < -0.39 is 0 Å². The Morgan fingerprint density at radius 1 is 1.25 bits per heavy atom. The lowest BCUT2D eigenvalue weighted by Gasteiger charge is -2.23. The van der Waals surface area contributed by atoms with Crippen LogP contribution < -0.4 is 14.8 Å². The van der Waals surface area contributed by atoms with Crippen LogP contribution in [0.3, 0.4) is 0 Å². The van der Waals surface area contributed by atoms with Crippen molar-refractivity contribution in [2.75, 3.05) is 20.8 Å². The van der Waals surface area contributed by atoms with E-state index >= 15 is 0 Å². The molecule has 0 saturated carbocycles. The molecule has 1 aromatic carbocycles. The van der Waals surface area contributed by atoms with Crippen LogP contribution in [0.2, 0.25) is 0 Å². The molecule has 2 rings (SSSR count). The summed E-state index contributed by atoms with van der Waals surface area (Å²) in [4.78, 5) is 4.20. The molecule has 0 aliphatic rings. The van der Waals surface area contributed by atoms with E-state index in [2.05, 4.69) is 17.2 Å². The number of methoxy groups -OCH3 is 2. The van der Waals surface area contributed by atoms with Gasteiger partial charge in [-0.05, 0) is 18.7 Å². The zero-order chi connectivity index (χ0) is 14.5. The number of ether oxygens (including phenoxy) is 2. The Morgan fingerprint density at radius 2 is 1.90 bits per heavy atom. The molecule has 5 heteroatoms. The first-order valence-electron chi connectivity index (χ1n) is 6.63. The maximum Gasteiger partial charge on any atom is 0.127 e. The average molecular weight is 275 g/mol. The Labute approximate surface area is 119 Å². The van der Waals surface area contributed by atoms with Crippen molar-refractivity contribution in [3.05, 3.63) is 42.0 Å². The summed E-state index contributed by atoms with van der Waals surface area (Å²) in [5.41, 5.74) is 2.05. The van der Waals surface area contributed by atoms with Crippen LogP contribution in [0, 0.1) is 0 Å². The third-order valence-electron chi connectivity index (χ3n) is 3.31. The van der Waals surface area contributed by atoms with Crippen molar-refractivity contribution in [2.24, 2.45) is 7.05 Å². The molecule has 5 nitrogen and oxygen atoms in total. The minimum absolute atomic E-state index is 0.0291. The third kappa shape index (κ3) is 2.63. The topological polar surface area (TPSA) is 48.3 Å². The molecule has 0 spiro atoms. The lowest BCUT2D eigenvalue weighted by molar-refractivity contribution is 0.376. The zero-order valence-electron chi connectivity index (χ0n) is 12.4. The van der Waals surface area contributed by atoms with Gasteiger partial charge in [-0.15, -0.1) is 0 Å². The molecule has 1 aromatic heterocycles. The average Bonchev–Trinajstić information content (AvgIpc) is 2.90. The second-order valence-electron chi connectivity index (χ2n) is 4.50. The summed E-state index contributed by atoms with van der Waals surface area (Å²) < 4.78 is 13.0. The van der Waals surface area contributed by atoms with Gasteiger partial charge < -0.3 is 19.4 Å². The predicted molar refractivity (Wildman–Crippen MR) is 78.3 cm³/mol. The fraction of sp³-hybridized carbons (Fsp3) is 0.400. The van der Waals surface area contributed by atoms with Crippen LogP contribution in [0.15, 0.2) is 30.7 Å². The Balaban J connectivity index is 2.57. The van der Waals surface area contributed by atoms with Crippen LogP contribution in [-0.4, -0.2) is 30.3 Å². The lowest BCUT2D eigenvalue weighted by atomic mass is 10.0. The smallest absolute Gasteiger partial charge is 0.127 e. The van der Waals surface area contributed by atoms with Crippen molar-refractivity contribution in [1.29, 1.82) is 0 Å². The van der Waals surface area contributed by atoms with Crippen molar-refractivity contribution in [3.63, 3.8) is 0 Å². The third-order valence-corrected chi connectivity index (χ3v) is 3.31. The van der Waals surface area contributed by atoms with Crippen LogP contribution in [0.4, 0.5) is 0 Å². The quantitative estimate of drug-likeness (QED) is 0.877. The summed E-state index contributed by atoms with van der Waals surface area (Å²) >= 11 is 0.